The zero-order chi connectivity index (χ0) is 13.9. The van der Waals surface area contributed by atoms with Gasteiger partial charge in [0, 0.05) is 23.8 Å². The standard InChI is InChI=1S/C11H13F3N4S/c1-2-8(15-5-7-3-4-16-18-7)10-17-9(6-19-10)11(12,13)14/h3-4,6,8,15H,2,5H2,1H3,(H,16,18). The average Bonchev–Trinajstić information content (AvgIpc) is 2.98. The molecule has 0 spiro atoms. The molecule has 0 radical (unpaired) electrons. The van der Waals surface area contributed by atoms with Crippen LogP contribution in [0.25, 0.3) is 0 Å². The smallest absolute Gasteiger partial charge is 0.302 e. The summed E-state index contributed by atoms with van der Waals surface area (Å²) in [7, 11) is 0. The second-order valence-electron chi connectivity index (χ2n) is 3.99. The summed E-state index contributed by atoms with van der Waals surface area (Å²) in [5, 5.41) is 11.3. The van der Waals surface area contributed by atoms with Crippen LogP contribution in [-0.4, -0.2) is 15.2 Å². The third-order valence-corrected chi connectivity index (χ3v) is 3.57. The van der Waals surface area contributed by atoms with Crippen LogP contribution in [0.3, 0.4) is 0 Å². The van der Waals surface area contributed by atoms with Crippen LogP contribution in [0.2, 0.25) is 0 Å². The van der Waals surface area contributed by atoms with Gasteiger partial charge in [0.25, 0.3) is 0 Å². The summed E-state index contributed by atoms with van der Waals surface area (Å²) < 4.78 is 37.5. The van der Waals surface area contributed by atoms with E-state index in [9.17, 15) is 13.2 Å². The van der Waals surface area contributed by atoms with Crippen molar-refractivity contribution in [3.05, 3.63) is 34.0 Å². The highest BCUT2D eigenvalue weighted by Crippen LogP contribution is 2.32. The van der Waals surface area contributed by atoms with Crippen LogP contribution >= 0.6 is 11.3 Å². The van der Waals surface area contributed by atoms with Crippen molar-refractivity contribution in [3.63, 3.8) is 0 Å². The average molecular weight is 290 g/mol. The number of aromatic nitrogens is 3. The number of hydrogen-bond acceptors (Lipinski definition) is 4. The predicted octanol–water partition coefficient (Wildman–Crippen LogP) is 3.13. The number of aromatic amines is 1. The second kappa shape index (κ2) is 5.70. The van der Waals surface area contributed by atoms with Crippen LogP contribution in [-0.2, 0) is 12.7 Å². The molecule has 2 N–H and O–H groups in total. The summed E-state index contributed by atoms with van der Waals surface area (Å²) >= 11 is 1.03. The van der Waals surface area contributed by atoms with Crippen molar-refractivity contribution in [1.29, 1.82) is 0 Å². The number of halogens is 3. The molecule has 8 heteroatoms. The Balaban J connectivity index is 2.03. The van der Waals surface area contributed by atoms with E-state index in [0.29, 0.717) is 18.0 Å². The summed E-state index contributed by atoms with van der Waals surface area (Å²) in [6.07, 6.45) is -2.08. The fourth-order valence-electron chi connectivity index (χ4n) is 1.60. The van der Waals surface area contributed by atoms with Crippen molar-refractivity contribution in [2.75, 3.05) is 0 Å². The quantitative estimate of drug-likeness (QED) is 0.889. The molecule has 2 heterocycles. The molecule has 0 saturated carbocycles. The summed E-state index contributed by atoms with van der Waals surface area (Å²) in [5.41, 5.74) is 0.0559. The Morgan fingerprint density at radius 2 is 2.26 bits per heavy atom. The molecule has 104 valence electrons. The third-order valence-electron chi connectivity index (χ3n) is 2.62. The molecular weight excluding hydrogens is 277 g/mol. The topological polar surface area (TPSA) is 53.6 Å². The first kappa shape index (κ1) is 14.0. The van der Waals surface area contributed by atoms with E-state index in [0.717, 1.165) is 22.4 Å². The molecule has 0 amide bonds. The van der Waals surface area contributed by atoms with Crippen LogP contribution in [0.15, 0.2) is 17.6 Å². The molecule has 0 aromatic carbocycles. The van der Waals surface area contributed by atoms with E-state index in [1.807, 2.05) is 13.0 Å². The highest BCUT2D eigenvalue weighted by atomic mass is 32.1. The van der Waals surface area contributed by atoms with E-state index in [1.54, 1.807) is 6.20 Å². The van der Waals surface area contributed by atoms with Gasteiger partial charge in [0.2, 0.25) is 0 Å². The molecule has 0 fully saturated rings. The lowest BCUT2D eigenvalue weighted by molar-refractivity contribution is -0.140. The zero-order valence-corrected chi connectivity index (χ0v) is 11.0. The zero-order valence-electron chi connectivity index (χ0n) is 10.2. The maximum atomic E-state index is 12.5. The Morgan fingerprint density at radius 1 is 1.47 bits per heavy atom. The van der Waals surface area contributed by atoms with Gasteiger partial charge < -0.3 is 5.32 Å². The first-order chi connectivity index (χ1) is 9.00. The lowest BCUT2D eigenvalue weighted by atomic mass is 10.2. The monoisotopic (exact) mass is 290 g/mol. The fourth-order valence-corrected chi connectivity index (χ4v) is 2.58. The van der Waals surface area contributed by atoms with Gasteiger partial charge in [-0.05, 0) is 12.5 Å². The van der Waals surface area contributed by atoms with Crippen LogP contribution in [0.1, 0.15) is 35.8 Å². The number of nitrogens with one attached hydrogen (secondary N) is 2. The lowest BCUT2D eigenvalue weighted by Gasteiger charge is -2.13. The summed E-state index contributed by atoms with van der Waals surface area (Å²) in [6, 6.07) is 1.62. The van der Waals surface area contributed by atoms with Gasteiger partial charge in [0.1, 0.15) is 5.01 Å². The van der Waals surface area contributed by atoms with Gasteiger partial charge in [-0.2, -0.15) is 18.3 Å². The van der Waals surface area contributed by atoms with Crippen molar-refractivity contribution in [2.45, 2.75) is 32.1 Å². The van der Waals surface area contributed by atoms with Crippen molar-refractivity contribution in [3.8, 4) is 0 Å². The van der Waals surface area contributed by atoms with E-state index < -0.39 is 11.9 Å². The number of H-pyrrole nitrogens is 1. The lowest BCUT2D eigenvalue weighted by Crippen LogP contribution is -2.20. The van der Waals surface area contributed by atoms with E-state index in [1.165, 1.54) is 0 Å². The van der Waals surface area contributed by atoms with E-state index in [-0.39, 0.29) is 6.04 Å². The van der Waals surface area contributed by atoms with Crippen LogP contribution in [0.4, 0.5) is 13.2 Å². The Morgan fingerprint density at radius 3 is 2.79 bits per heavy atom. The molecule has 19 heavy (non-hydrogen) atoms. The highest BCUT2D eigenvalue weighted by molar-refractivity contribution is 7.09. The Labute approximate surface area is 112 Å². The molecule has 2 aromatic heterocycles. The largest absolute Gasteiger partial charge is 0.434 e. The molecule has 2 aromatic rings. The van der Waals surface area contributed by atoms with Crippen molar-refractivity contribution in [1.82, 2.24) is 20.5 Å². The van der Waals surface area contributed by atoms with E-state index in [4.69, 9.17) is 0 Å². The van der Waals surface area contributed by atoms with E-state index in [2.05, 4.69) is 20.5 Å². The van der Waals surface area contributed by atoms with Crippen LogP contribution < -0.4 is 5.32 Å². The molecule has 4 nitrogen and oxygen atoms in total. The molecular formula is C11H13F3N4S. The fraction of sp³-hybridized carbons (Fsp3) is 0.455. The Bertz CT molecular complexity index is 506. The Hall–Kier alpha value is -1.41. The second-order valence-corrected chi connectivity index (χ2v) is 4.88. The molecule has 0 bridgehead atoms. The maximum Gasteiger partial charge on any atom is 0.434 e. The van der Waals surface area contributed by atoms with Gasteiger partial charge in [-0.25, -0.2) is 4.98 Å². The minimum Gasteiger partial charge on any atom is -0.302 e. The SMILES string of the molecule is CCC(NCc1ccn[nH]1)c1nc(C(F)(F)F)cs1. The van der Waals surface area contributed by atoms with Gasteiger partial charge in [0.05, 0.1) is 6.04 Å². The summed E-state index contributed by atoms with van der Waals surface area (Å²) in [6.45, 7) is 2.42. The van der Waals surface area contributed by atoms with Gasteiger partial charge in [-0.1, -0.05) is 6.92 Å². The Kier molecular flexibility index (Phi) is 4.20. The van der Waals surface area contributed by atoms with Gasteiger partial charge in [-0.15, -0.1) is 11.3 Å². The minimum absolute atomic E-state index is 0.190. The van der Waals surface area contributed by atoms with Gasteiger partial charge >= 0.3 is 6.18 Å². The highest BCUT2D eigenvalue weighted by Gasteiger charge is 2.34. The molecule has 0 aliphatic carbocycles. The number of rotatable bonds is 5. The van der Waals surface area contributed by atoms with E-state index >= 15 is 0 Å². The molecule has 1 atom stereocenters. The minimum atomic E-state index is -4.38. The van der Waals surface area contributed by atoms with Crippen LogP contribution in [0, 0.1) is 0 Å². The molecule has 0 aliphatic heterocycles. The number of thiazole rings is 1. The number of nitrogens with zero attached hydrogens (tertiary/aromatic N) is 2. The molecule has 0 saturated heterocycles. The summed E-state index contributed by atoms with van der Waals surface area (Å²) in [4.78, 5) is 3.66. The molecule has 2 rings (SSSR count). The van der Waals surface area contributed by atoms with Crippen molar-refractivity contribution in [2.24, 2.45) is 0 Å². The summed E-state index contributed by atoms with van der Waals surface area (Å²) in [5.74, 6) is 0. The number of hydrogen-bond donors (Lipinski definition) is 2. The maximum absolute atomic E-state index is 12.5. The van der Waals surface area contributed by atoms with Gasteiger partial charge in [-0.3, -0.25) is 5.10 Å². The first-order valence-corrected chi connectivity index (χ1v) is 6.63. The molecule has 0 aliphatic rings. The predicted molar refractivity (Wildman–Crippen MR) is 65.6 cm³/mol. The third kappa shape index (κ3) is 3.54. The first-order valence-electron chi connectivity index (χ1n) is 5.75. The van der Waals surface area contributed by atoms with Crippen molar-refractivity contribution >= 4 is 11.3 Å². The normalized spacial score (nSPS) is 13.7. The van der Waals surface area contributed by atoms with Crippen LogP contribution in [0.5, 0.6) is 0 Å². The van der Waals surface area contributed by atoms with Gasteiger partial charge in [0.15, 0.2) is 5.69 Å². The molecule has 1 unspecified atom stereocenters. The number of alkyl halides is 3. The van der Waals surface area contributed by atoms with Crippen molar-refractivity contribution < 1.29 is 13.2 Å².